The van der Waals surface area contributed by atoms with Crippen LogP contribution in [0, 0.1) is 0 Å². The summed E-state index contributed by atoms with van der Waals surface area (Å²) in [5.41, 5.74) is 0. The zero-order valence-corrected chi connectivity index (χ0v) is 45.1. The number of hydrogen-bond donors (Lipinski definition) is 8. The number of rotatable bonds is 52. The molecule has 1 aliphatic rings. The lowest BCUT2D eigenvalue weighted by molar-refractivity contribution is -0.303. The van der Waals surface area contributed by atoms with Crippen molar-refractivity contribution >= 4 is 5.91 Å². The molecule has 0 spiro atoms. The van der Waals surface area contributed by atoms with E-state index in [2.05, 4.69) is 19.2 Å². The summed E-state index contributed by atoms with van der Waals surface area (Å²) in [5.74, 6) is -0.689. The summed E-state index contributed by atoms with van der Waals surface area (Å²) in [6.45, 7) is 3.50. The average Bonchev–Trinajstić information content (AvgIpc) is 3.35. The van der Waals surface area contributed by atoms with Gasteiger partial charge in [0.25, 0.3) is 0 Å². The van der Waals surface area contributed by atoms with Gasteiger partial charge in [-0.05, 0) is 12.8 Å². The zero-order valence-electron chi connectivity index (χ0n) is 45.1. The SMILES string of the molecule is CCCCCCCCCCCCCCCCCCCCCCCCCC(O)C(=O)NC(COC1OC(CO)C(O)C(O)C1O)C(O)C(O)CCCCCCCCCCCCCCCCCCCCC. The third-order valence-corrected chi connectivity index (χ3v) is 14.9. The summed E-state index contributed by atoms with van der Waals surface area (Å²) in [7, 11) is 0. The highest BCUT2D eigenvalue weighted by atomic mass is 16.7. The van der Waals surface area contributed by atoms with Crippen LogP contribution in [0.5, 0.6) is 0 Å². The fourth-order valence-electron chi connectivity index (χ4n) is 10.0. The molecule has 1 amide bonds. The van der Waals surface area contributed by atoms with E-state index in [1.54, 1.807) is 0 Å². The fourth-order valence-corrected chi connectivity index (χ4v) is 10.0. The van der Waals surface area contributed by atoms with Gasteiger partial charge in [-0.15, -0.1) is 0 Å². The summed E-state index contributed by atoms with van der Waals surface area (Å²) >= 11 is 0. The quantitative estimate of drug-likeness (QED) is 0.0272. The van der Waals surface area contributed by atoms with Crippen molar-refractivity contribution < 1.29 is 50.0 Å². The molecular formula is C58H115NO10. The molecule has 1 saturated heterocycles. The minimum Gasteiger partial charge on any atom is -0.394 e. The summed E-state index contributed by atoms with van der Waals surface area (Å²) in [4.78, 5) is 13.2. The van der Waals surface area contributed by atoms with E-state index in [1.807, 2.05) is 0 Å². The maximum Gasteiger partial charge on any atom is 0.249 e. The molecule has 0 aromatic heterocycles. The topological polar surface area (TPSA) is 189 Å². The second-order valence-corrected chi connectivity index (χ2v) is 21.4. The largest absolute Gasteiger partial charge is 0.394 e. The smallest absolute Gasteiger partial charge is 0.249 e. The van der Waals surface area contributed by atoms with E-state index in [-0.39, 0.29) is 6.42 Å². The number of hydrogen-bond acceptors (Lipinski definition) is 10. The van der Waals surface area contributed by atoms with Crippen LogP contribution in [0.2, 0.25) is 0 Å². The highest BCUT2D eigenvalue weighted by Crippen LogP contribution is 2.24. The van der Waals surface area contributed by atoms with Gasteiger partial charge in [0.15, 0.2) is 6.29 Å². The van der Waals surface area contributed by atoms with Gasteiger partial charge in [0.05, 0.1) is 25.4 Å². The molecule has 1 fully saturated rings. The van der Waals surface area contributed by atoms with E-state index in [9.17, 15) is 40.5 Å². The standard InChI is InChI=1S/C58H115NO10/c1-3-5-7-9-11-13-15-17-19-21-23-24-25-26-28-30-32-34-36-38-40-42-44-46-51(62)57(67)59-49(48-68-58-56(66)55(65)54(64)52(47-60)69-58)53(63)50(61)45-43-41-39-37-35-33-31-29-27-22-20-18-16-14-12-10-8-6-4-2/h49-56,58,60-66H,3-48H2,1-2H3,(H,59,67). The van der Waals surface area contributed by atoms with E-state index in [0.29, 0.717) is 19.3 Å². The van der Waals surface area contributed by atoms with Crippen molar-refractivity contribution in [3.8, 4) is 0 Å². The molecular weight excluding hydrogens is 871 g/mol. The Bertz CT molecular complexity index is 1090. The molecule has 9 unspecified atom stereocenters. The van der Waals surface area contributed by atoms with E-state index in [0.717, 1.165) is 38.5 Å². The van der Waals surface area contributed by atoms with E-state index in [4.69, 9.17) is 9.47 Å². The Kier molecular flexibility index (Phi) is 46.1. The van der Waals surface area contributed by atoms with Crippen LogP contribution >= 0.6 is 0 Å². The molecule has 9 atom stereocenters. The molecule has 0 aromatic carbocycles. The lowest BCUT2D eigenvalue weighted by atomic mass is 9.98. The van der Waals surface area contributed by atoms with E-state index < -0.39 is 74.2 Å². The van der Waals surface area contributed by atoms with Crippen LogP contribution in [-0.2, 0) is 14.3 Å². The number of aliphatic hydroxyl groups excluding tert-OH is 7. The summed E-state index contributed by atoms with van der Waals surface area (Å²) in [6.07, 6.45) is 42.9. The first-order valence-electron chi connectivity index (χ1n) is 29.9. The molecule has 412 valence electrons. The van der Waals surface area contributed by atoms with Crippen molar-refractivity contribution in [1.82, 2.24) is 5.32 Å². The molecule has 1 aliphatic heterocycles. The average molecular weight is 987 g/mol. The van der Waals surface area contributed by atoms with E-state index >= 15 is 0 Å². The molecule has 0 saturated carbocycles. The first-order chi connectivity index (χ1) is 33.7. The van der Waals surface area contributed by atoms with E-state index in [1.165, 1.54) is 218 Å². The van der Waals surface area contributed by atoms with Gasteiger partial charge < -0.3 is 50.5 Å². The van der Waals surface area contributed by atoms with Crippen LogP contribution in [-0.4, -0.2) is 110 Å². The van der Waals surface area contributed by atoms with Gasteiger partial charge in [-0.1, -0.05) is 284 Å². The first-order valence-corrected chi connectivity index (χ1v) is 29.9. The molecule has 1 heterocycles. The number of carbonyl (C=O) groups excluding carboxylic acids is 1. The molecule has 11 nitrogen and oxygen atoms in total. The Morgan fingerprint density at radius 1 is 0.449 bits per heavy atom. The van der Waals surface area contributed by atoms with Crippen molar-refractivity contribution in [2.24, 2.45) is 0 Å². The maximum atomic E-state index is 13.2. The highest BCUT2D eigenvalue weighted by molar-refractivity contribution is 5.80. The third-order valence-electron chi connectivity index (χ3n) is 14.9. The molecule has 0 radical (unpaired) electrons. The molecule has 69 heavy (non-hydrogen) atoms. The molecule has 1 rings (SSSR count). The Balaban J connectivity index is 2.28. The monoisotopic (exact) mass is 986 g/mol. The van der Waals surface area contributed by atoms with Gasteiger partial charge in [-0.2, -0.15) is 0 Å². The van der Waals surface area contributed by atoms with Crippen molar-refractivity contribution in [3.05, 3.63) is 0 Å². The Morgan fingerprint density at radius 2 is 0.754 bits per heavy atom. The van der Waals surface area contributed by atoms with Gasteiger partial charge in [-0.3, -0.25) is 4.79 Å². The van der Waals surface area contributed by atoms with Gasteiger partial charge in [0.1, 0.15) is 36.6 Å². The van der Waals surface area contributed by atoms with Gasteiger partial charge in [-0.25, -0.2) is 0 Å². The summed E-state index contributed by atoms with van der Waals surface area (Å²) < 4.78 is 11.2. The second-order valence-electron chi connectivity index (χ2n) is 21.4. The zero-order chi connectivity index (χ0) is 50.4. The predicted molar refractivity (Wildman–Crippen MR) is 284 cm³/mol. The van der Waals surface area contributed by atoms with Crippen LogP contribution in [0.1, 0.15) is 296 Å². The Morgan fingerprint density at radius 3 is 1.07 bits per heavy atom. The summed E-state index contributed by atoms with van der Waals surface area (Å²) in [6, 6.07) is -1.16. The number of aliphatic hydroxyl groups is 7. The van der Waals surface area contributed by atoms with Crippen LogP contribution in [0.3, 0.4) is 0 Å². The van der Waals surface area contributed by atoms with Crippen molar-refractivity contribution in [2.45, 2.75) is 351 Å². The molecule has 0 bridgehead atoms. The number of amides is 1. The van der Waals surface area contributed by atoms with Crippen molar-refractivity contribution in [1.29, 1.82) is 0 Å². The normalized spacial score (nSPS) is 20.3. The molecule has 8 N–H and O–H groups in total. The lowest BCUT2D eigenvalue weighted by Gasteiger charge is -2.40. The lowest BCUT2D eigenvalue weighted by Crippen LogP contribution is -2.60. The Hall–Kier alpha value is -0.890. The van der Waals surface area contributed by atoms with Gasteiger partial charge in [0.2, 0.25) is 5.91 Å². The van der Waals surface area contributed by atoms with Crippen LogP contribution in [0.15, 0.2) is 0 Å². The van der Waals surface area contributed by atoms with Crippen LogP contribution in [0.4, 0.5) is 0 Å². The predicted octanol–water partition coefficient (Wildman–Crippen LogP) is 12.6. The Labute approximate surface area is 424 Å². The molecule has 0 aromatic rings. The fraction of sp³-hybridized carbons (Fsp3) is 0.983. The highest BCUT2D eigenvalue weighted by Gasteiger charge is 2.44. The number of carbonyl (C=O) groups is 1. The second kappa shape index (κ2) is 48.1. The maximum absolute atomic E-state index is 13.2. The number of ether oxygens (including phenoxy) is 2. The first kappa shape index (κ1) is 66.1. The minimum absolute atomic E-state index is 0.267. The third kappa shape index (κ3) is 36.6. The number of nitrogens with one attached hydrogen (secondary N) is 1. The summed E-state index contributed by atoms with van der Waals surface area (Å²) in [5, 5.41) is 76.2. The number of unbranched alkanes of at least 4 members (excludes halogenated alkanes) is 40. The van der Waals surface area contributed by atoms with Gasteiger partial charge >= 0.3 is 0 Å². The van der Waals surface area contributed by atoms with Crippen LogP contribution in [0.25, 0.3) is 0 Å². The van der Waals surface area contributed by atoms with Gasteiger partial charge in [0, 0.05) is 0 Å². The molecule has 11 heteroatoms. The van der Waals surface area contributed by atoms with Crippen LogP contribution < -0.4 is 5.32 Å². The van der Waals surface area contributed by atoms with Crippen molar-refractivity contribution in [2.75, 3.05) is 13.2 Å². The van der Waals surface area contributed by atoms with Crippen molar-refractivity contribution in [3.63, 3.8) is 0 Å². The molecule has 0 aliphatic carbocycles. The minimum atomic E-state index is -1.66.